The third-order valence-electron chi connectivity index (χ3n) is 3.05. The fraction of sp³-hybridized carbons (Fsp3) is 0.786. The zero-order chi connectivity index (χ0) is 15.1. The number of amides is 1. The van der Waals surface area contributed by atoms with E-state index in [0.29, 0.717) is 0 Å². The van der Waals surface area contributed by atoms with E-state index in [1.54, 1.807) is 46.8 Å². The Labute approximate surface area is 119 Å². The number of nitrogens with one attached hydrogen (secondary N) is 1. The Hall–Kier alpha value is -1.11. The number of carbonyl (C=O) groups excluding carboxylic acids is 1. The maximum Gasteiger partial charge on any atom is 0.408 e. The van der Waals surface area contributed by atoms with Gasteiger partial charge < -0.3 is 24.6 Å². The molecule has 4 atom stereocenters. The van der Waals surface area contributed by atoms with Crippen LogP contribution in [0.4, 0.5) is 4.79 Å². The van der Waals surface area contributed by atoms with Gasteiger partial charge >= 0.3 is 6.09 Å². The summed E-state index contributed by atoms with van der Waals surface area (Å²) < 4.78 is 16.7. The van der Waals surface area contributed by atoms with Gasteiger partial charge in [0.25, 0.3) is 0 Å². The van der Waals surface area contributed by atoms with Crippen molar-refractivity contribution in [1.82, 2.24) is 5.32 Å². The van der Waals surface area contributed by atoms with Crippen molar-refractivity contribution in [3.63, 3.8) is 0 Å². The average Bonchev–Trinajstić information content (AvgIpc) is 2.56. The molecule has 2 aliphatic rings. The van der Waals surface area contributed by atoms with Crippen molar-refractivity contribution in [2.75, 3.05) is 0 Å². The summed E-state index contributed by atoms with van der Waals surface area (Å²) in [6.45, 7) is 8.96. The summed E-state index contributed by atoms with van der Waals surface area (Å²) in [5.74, 6) is -0.782. The third-order valence-corrected chi connectivity index (χ3v) is 3.05. The van der Waals surface area contributed by atoms with E-state index in [-0.39, 0.29) is 6.04 Å². The average molecular weight is 285 g/mol. The van der Waals surface area contributed by atoms with Crippen LogP contribution in [0.2, 0.25) is 0 Å². The highest BCUT2D eigenvalue weighted by molar-refractivity contribution is 5.68. The van der Waals surface area contributed by atoms with Gasteiger partial charge in [0.05, 0.1) is 6.04 Å². The van der Waals surface area contributed by atoms with Crippen LogP contribution in [0.15, 0.2) is 12.2 Å². The summed E-state index contributed by atoms with van der Waals surface area (Å²) in [5, 5.41) is 12.7. The van der Waals surface area contributed by atoms with Crippen LogP contribution in [0, 0.1) is 0 Å². The highest BCUT2D eigenvalue weighted by atomic mass is 16.8. The van der Waals surface area contributed by atoms with Gasteiger partial charge in [-0.3, -0.25) is 0 Å². The van der Waals surface area contributed by atoms with E-state index in [4.69, 9.17) is 14.2 Å². The van der Waals surface area contributed by atoms with Gasteiger partial charge in [0.15, 0.2) is 5.79 Å². The quantitative estimate of drug-likeness (QED) is 0.711. The fourth-order valence-electron chi connectivity index (χ4n) is 2.39. The lowest BCUT2D eigenvalue weighted by atomic mass is 9.94. The molecule has 0 spiro atoms. The zero-order valence-corrected chi connectivity index (χ0v) is 12.5. The molecule has 20 heavy (non-hydrogen) atoms. The number of aliphatic hydroxyl groups is 1. The molecule has 1 saturated heterocycles. The number of carbonyl (C=O) groups is 1. The number of aliphatic hydroxyl groups excluding tert-OH is 1. The van der Waals surface area contributed by atoms with Gasteiger partial charge in [-0.15, -0.1) is 0 Å². The highest BCUT2D eigenvalue weighted by Crippen LogP contribution is 2.34. The second-order valence-electron chi connectivity index (χ2n) is 6.61. The molecule has 1 aliphatic heterocycles. The number of fused-ring (bicyclic) bond motifs is 1. The molecule has 114 valence electrons. The minimum absolute atomic E-state index is 0.389. The molecule has 0 saturated carbocycles. The molecule has 0 unspecified atom stereocenters. The molecule has 2 rings (SSSR count). The predicted octanol–water partition coefficient (Wildman–Crippen LogP) is 1.33. The Bertz CT molecular complexity index is 412. The zero-order valence-electron chi connectivity index (χ0n) is 12.5. The summed E-state index contributed by atoms with van der Waals surface area (Å²) in [5.41, 5.74) is -0.562. The van der Waals surface area contributed by atoms with E-state index < -0.39 is 35.8 Å². The molecule has 1 amide bonds. The summed E-state index contributed by atoms with van der Waals surface area (Å²) in [7, 11) is 0. The van der Waals surface area contributed by atoms with Crippen molar-refractivity contribution >= 4 is 6.09 Å². The summed E-state index contributed by atoms with van der Waals surface area (Å²) in [6, 6.07) is -0.389. The molecule has 0 radical (unpaired) electrons. The first-order valence-corrected chi connectivity index (χ1v) is 6.79. The lowest BCUT2D eigenvalue weighted by molar-refractivity contribution is -0.152. The number of hydrogen-bond acceptors (Lipinski definition) is 5. The van der Waals surface area contributed by atoms with Gasteiger partial charge in [0.2, 0.25) is 0 Å². The molecule has 0 aromatic heterocycles. The van der Waals surface area contributed by atoms with Crippen molar-refractivity contribution in [3.8, 4) is 0 Å². The minimum Gasteiger partial charge on any atom is -0.444 e. The largest absolute Gasteiger partial charge is 0.444 e. The van der Waals surface area contributed by atoms with Gasteiger partial charge in [-0.05, 0) is 34.6 Å². The maximum atomic E-state index is 11.8. The minimum atomic E-state index is -0.782. The smallest absolute Gasteiger partial charge is 0.408 e. The topological polar surface area (TPSA) is 77.0 Å². The first-order chi connectivity index (χ1) is 9.07. The van der Waals surface area contributed by atoms with Crippen molar-refractivity contribution in [1.29, 1.82) is 0 Å². The summed E-state index contributed by atoms with van der Waals surface area (Å²) in [4.78, 5) is 11.8. The van der Waals surface area contributed by atoms with E-state index in [0.717, 1.165) is 0 Å². The fourth-order valence-corrected chi connectivity index (χ4v) is 2.39. The van der Waals surface area contributed by atoms with E-state index >= 15 is 0 Å². The summed E-state index contributed by atoms with van der Waals surface area (Å²) >= 11 is 0. The molecule has 0 bridgehead atoms. The van der Waals surface area contributed by atoms with Crippen LogP contribution < -0.4 is 5.32 Å². The van der Waals surface area contributed by atoms with Crippen molar-refractivity contribution in [2.24, 2.45) is 0 Å². The first kappa shape index (κ1) is 15.3. The molecular weight excluding hydrogens is 262 g/mol. The number of alkyl carbamates (subject to hydrolysis) is 1. The first-order valence-electron chi connectivity index (χ1n) is 6.79. The second kappa shape index (κ2) is 5.02. The molecule has 1 fully saturated rings. The van der Waals surface area contributed by atoms with Crippen molar-refractivity contribution in [2.45, 2.75) is 70.4 Å². The van der Waals surface area contributed by atoms with E-state index in [1.165, 1.54) is 0 Å². The van der Waals surface area contributed by atoms with Crippen LogP contribution in [0.3, 0.4) is 0 Å². The predicted molar refractivity (Wildman–Crippen MR) is 72.1 cm³/mol. The van der Waals surface area contributed by atoms with Crippen LogP contribution in [0.25, 0.3) is 0 Å². The Morgan fingerprint density at radius 2 is 1.85 bits per heavy atom. The summed E-state index contributed by atoms with van der Waals surface area (Å²) in [6.07, 6.45) is 1.13. The van der Waals surface area contributed by atoms with Gasteiger partial charge in [0, 0.05) is 0 Å². The number of ether oxygens (including phenoxy) is 3. The molecule has 6 heteroatoms. The Morgan fingerprint density at radius 1 is 1.25 bits per heavy atom. The van der Waals surface area contributed by atoms with Gasteiger partial charge in [0.1, 0.15) is 23.9 Å². The van der Waals surface area contributed by atoms with Crippen molar-refractivity contribution in [3.05, 3.63) is 12.2 Å². The number of hydrogen-bond donors (Lipinski definition) is 2. The molecule has 0 aromatic rings. The Morgan fingerprint density at radius 3 is 2.45 bits per heavy atom. The van der Waals surface area contributed by atoms with E-state index in [9.17, 15) is 9.90 Å². The van der Waals surface area contributed by atoms with Crippen LogP contribution in [-0.4, -0.2) is 46.9 Å². The highest BCUT2D eigenvalue weighted by Gasteiger charge is 2.49. The SMILES string of the molecule is CC(C)(C)OC(=O)N[C@@H]1C=C[C@@H](O)[C@@H]2OC(C)(C)O[C@@H]21. The normalized spacial score (nSPS) is 35.5. The molecule has 2 N–H and O–H groups in total. The van der Waals surface area contributed by atoms with Crippen molar-refractivity contribution < 1.29 is 24.1 Å². The Balaban J connectivity index is 2.05. The molecule has 1 heterocycles. The third kappa shape index (κ3) is 3.50. The lowest BCUT2D eigenvalue weighted by Crippen LogP contribution is -2.52. The van der Waals surface area contributed by atoms with Gasteiger partial charge in [-0.1, -0.05) is 12.2 Å². The Kier molecular flexibility index (Phi) is 3.83. The lowest BCUT2D eigenvalue weighted by Gasteiger charge is -2.31. The maximum absolute atomic E-state index is 11.8. The van der Waals surface area contributed by atoms with E-state index in [1.807, 2.05) is 0 Å². The second-order valence-corrected chi connectivity index (χ2v) is 6.61. The molecule has 0 aromatic carbocycles. The standard InChI is InChI=1S/C14H23NO5/c1-13(2,3)20-12(17)15-8-6-7-9(16)11-10(8)18-14(4,5)19-11/h6-11,16H,1-5H3,(H,15,17)/t8-,9-,10-,11+/m1/s1. The van der Waals surface area contributed by atoms with Crippen LogP contribution in [0.5, 0.6) is 0 Å². The molecule has 1 aliphatic carbocycles. The van der Waals surface area contributed by atoms with Gasteiger partial charge in [-0.2, -0.15) is 0 Å². The van der Waals surface area contributed by atoms with E-state index in [2.05, 4.69) is 5.32 Å². The van der Waals surface area contributed by atoms with Crippen LogP contribution >= 0.6 is 0 Å². The number of rotatable bonds is 1. The van der Waals surface area contributed by atoms with Gasteiger partial charge in [-0.25, -0.2) is 4.79 Å². The van der Waals surface area contributed by atoms with Crippen LogP contribution in [-0.2, 0) is 14.2 Å². The molecule has 6 nitrogen and oxygen atoms in total. The van der Waals surface area contributed by atoms with Crippen LogP contribution in [0.1, 0.15) is 34.6 Å². The molecular formula is C14H23NO5. The monoisotopic (exact) mass is 285 g/mol.